The first kappa shape index (κ1) is 9.38. The zero-order chi connectivity index (χ0) is 10.8. The number of aryl methyl sites for hydroxylation is 1. The van der Waals surface area contributed by atoms with Gasteiger partial charge < -0.3 is 15.6 Å². The van der Waals surface area contributed by atoms with Crippen LogP contribution in [0.15, 0.2) is 10.9 Å². The quantitative estimate of drug-likeness (QED) is 0.735. The molecule has 15 heavy (non-hydrogen) atoms. The molecule has 0 unspecified atom stereocenters. The summed E-state index contributed by atoms with van der Waals surface area (Å²) >= 11 is 0. The molecule has 0 saturated heterocycles. The van der Waals surface area contributed by atoms with Crippen molar-refractivity contribution in [1.82, 2.24) is 20.1 Å². The molecule has 78 valence electrons. The molecule has 0 amide bonds. The van der Waals surface area contributed by atoms with E-state index < -0.39 is 0 Å². The fourth-order valence-electron chi connectivity index (χ4n) is 1.21. The summed E-state index contributed by atoms with van der Waals surface area (Å²) in [7, 11) is 1.73. The molecule has 0 bridgehead atoms. The number of anilines is 2. The van der Waals surface area contributed by atoms with Crippen LogP contribution in [-0.4, -0.2) is 27.2 Å². The topological polar surface area (TPSA) is 103 Å². The SMILES string of the molecule is CNc1ncnc(N)c1-c1noc(C)n1. The van der Waals surface area contributed by atoms with Gasteiger partial charge in [-0.05, 0) is 0 Å². The Kier molecular flexibility index (Phi) is 2.20. The molecule has 2 aromatic heterocycles. The number of nitrogens with zero attached hydrogens (tertiary/aromatic N) is 4. The van der Waals surface area contributed by atoms with E-state index in [-0.39, 0.29) is 0 Å². The molecule has 7 heteroatoms. The highest BCUT2D eigenvalue weighted by atomic mass is 16.5. The molecule has 0 radical (unpaired) electrons. The standard InChI is InChI=1S/C8H10N6O/c1-4-13-8(14-15-4)5-6(9)11-3-12-7(5)10-2/h3H,1-2H3,(H3,9,10,11,12). The Morgan fingerprint density at radius 1 is 1.40 bits per heavy atom. The molecule has 0 spiro atoms. The van der Waals surface area contributed by atoms with Crippen LogP contribution < -0.4 is 11.1 Å². The average molecular weight is 206 g/mol. The van der Waals surface area contributed by atoms with Gasteiger partial charge in [0.15, 0.2) is 0 Å². The third kappa shape index (κ3) is 1.58. The van der Waals surface area contributed by atoms with Crippen LogP contribution in [0.2, 0.25) is 0 Å². The first-order valence-electron chi connectivity index (χ1n) is 4.31. The summed E-state index contributed by atoms with van der Waals surface area (Å²) in [4.78, 5) is 12.0. The maximum absolute atomic E-state index is 5.73. The summed E-state index contributed by atoms with van der Waals surface area (Å²) in [5, 5.41) is 6.66. The van der Waals surface area contributed by atoms with Gasteiger partial charge in [-0.3, -0.25) is 0 Å². The third-order valence-corrected chi connectivity index (χ3v) is 1.86. The van der Waals surface area contributed by atoms with Gasteiger partial charge in [-0.25, -0.2) is 9.97 Å². The predicted molar refractivity (Wildman–Crippen MR) is 54.0 cm³/mol. The smallest absolute Gasteiger partial charge is 0.223 e. The Morgan fingerprint density at radius 2 is 2.20 bits per heavy atom. The van der Waals surface area contributed by atoms with Crippen LogP contribution in [0.4, 0.5) is 11.6 Å². The second-order valence-corrected chi connectivity index (χ2v) is 2.87. The highest BCUT2D eigenvalue weighted by Gasteiger charge is 2.15. The summed E-state index contributed by atoms with van der Waals surface area (Å²) < 4.78 is 4.87. The van der Waals surface area contributed by atoms with E-state index in [1.807, 2.05) is 0 Å². The fraction of sp³-hybridized carbons (Fsp3) is 0.250. The van der Waals surface area contributed by atoms with Crippen LogP contribution in [0.3, 0.4) is 0 Å². The summed E-state index contributed by atoms with van der Waals surface area (Å²) in [6.07, 6.45) is 1.37. The van der Waals surface area contributed by atoms with Gasteiger partial charge in [0.1, 0.15) is 23.5 Å². The van der Waals surface area contributed by atoms with E-state index in [0.29, 0.717) is 28.9 Å². The zero-order valence-electron chi connectivity index (χ0n) is 8.35. The van der Waals surface area contributed by atoms with Gasteiger partial charge in [0.25, 0.3) is 0 Å². The van der Waals surface area contributed by atoms with Crippen molar-refractivity contribution in [3.8, 4) is 11.4 Å². The largest absolute Gasteiger partial charge is 0.383 e. The number of nitrogens with two attached hydrogens (primary N) is 1. The number of aromatic nitrogens is 4. The van der Waals surface area contributed by atoms with Crippen molar-refractivity contribution in [3.63, 3.8) is 0 Å². The van der Waals surface area contributed by atoms with Crippen LogP contribution in [0.5, 0.6) is 0 Å². The number of nitrogens with one attached hydrogen (secondary N) is 1. The lowest BCUT2D eigenvalue weighted by Gasteiger charge is -2.05. The zero-order valence-corrected chi connectivity index (χ0v) is 8.35. The molecule has 0 fully saturated rings. The van der Waals surface area contributed by atoms with Crippen LogP contribution in [0.1, 0.15) is 5.89 Å². The van der Waals surface area contributed by atoms with Crippen LogP contribution in [0, 0.1) is 6.92 Å². The van der Waals surface area contributed by atoms with E-state index in [1.165, 1.54) is 6.33 Å². The monoisotopic (exact) mass is 206 g/mol. The van der Waals surface area contributed by atoms with Gasteiger partial charge in [-0.1, -0.05) is 5.16 Å². The summed E-state index contributed by atoms with van der Waals surface area (Å²) in [6, 6.07) is 0. The highest BCUT2D eigenvalue weighted by Crippen LogP contribution is 2.27. The summed E-state index contributed by atoms with van der Waals surface area (Å²) in [5.41, 5.74) is 6.28. The molecular formula is C8H10N6O. The van der Waals surface area contributed by atoms with Gasteiger partial charge >= 0.3 is 0 Å². The second kappa shape index (κ2) is 3.52. The van der Waals surface area contributed by atoms with Crippen molar-refractivity contribution >= 4 is 11.6 Å². The van der Waals surface area contributed by atoms with Gasteiger partial charge in [0, 0.05) is 14.0 Å². The van der Waals surface area contributed by atoms with Gasteiger partial charge in [0.05, 0.1) is 0 Å². The van der Waals surface area contributed by atoms with Gasteiger partial charge in [-0.15, -0.1) is 0 Å². The Morgan fingerprint density at radius 3 is 2.80 bits per heavy atom. The van der Waals surface area contributed by atoms with Crippen LogP contribution in [-0.2, 0) is 0 Å². The Labute approximate surface area is 85.7 Å². The molecule has 2 rings (SSSR count). The molecule has 0 aliphatic heterocycles. The summed E-state index contributed by atoms with van der Waals surface area (Å²) in [6.45, 7) is 1.70. The third-order valence-electron chi connectivity index (χ3n) is 1.86. The van der Waals surface area contributed by atoms with E-state index in [4.69, 9.17) is 10.3 Å². The minimum Gasteiger partial charge on any atom is -0.383 e. The molecule has 0 aliphatic carbocycles. The molecular weight excluding hydrogens is 196 g/mol. The molecule has 0 atom stereocenters. The number of hydrogen-bond acceptors (Lipinski definition) is 7. The molecule has 0 saturated carbocycles. The van der Waals surface area contributed by atoms with E-state index in [0.717, 1.165) is 0 Å². The van der Waals surface area contributed by atoms with Crippen LogP contribution in [0.25, 0.3) is 11.4 Å². The highest BCUT2D eigenvalue weighted by molar-refractivity contribution is 5.78. The minimum absolute atomic E-state index is 0.315. The van der Waals surface area contributed by atoms with Gasteiger partial charge in [0.2, 0.25) is 11.7 Å². The molecule has 0 aromatic carbocycles. The molecule has 2 aromatic rings. The van der Waals surface area contributed by atoms with Crippen molar-refractivity contribution in [2.75, 3.05) is 18.1 Å². The fourth-order valence-corrected chi connectivity index (χ4v) is 1.21. The van der Waals surface area contributed by atoms with Crippen LogP contribution >= 0.6 is 0 Å². The maximum Gasteiger partial charge on any atom is 0.223 e. The Hall–Kier alpha value is -2.18. The average Bonchev–Trinajstić information content (AvgIpc) is 2.64. The van der Waals surface area contributed by atoms with E-state index in [2.05, 4.69) is 25.4 Å². The normalized spacial score (nSPS) is 10.3. The molecule has 2 heterocycles. The van der Waals surface area contributed by atoms with Crippen molar-refractivity contribution in [2.45, 2.75) is 6.92 Å². The Bertz CT molecular complexity index is 480. The van der Waals surface area contributed by atoms with E-state index >= 15 is 0 Å². The van der Waals surface area contributed by atoms with Crippen molar-refractivity contribution in [1.29, 1.82) is 0 Å². The second-order valence-electron chi connectivity index (χ2n) is 2.87. The first-order valence-corrected chi connectivity index (χ1v) is 4.31. The van der Waals surface area contributed by atoms with E-state index in [1.54, 1.807) is 14.0 Å². The molecule has 7 nitrogen and oxygen atoms in total. The first-order chi connectivity index (χ1) is 7.22. The predicted octanol–water partition coefficient (Wildman–Crippen LogP) is 0.459. The van der Waals surface area contributed by atoms with Crippen molar-refractivity contribution in [3.05, 3.63) is 12.2 Å². The maximum atomic E-state index is 5.73. The number of hydrogen-bond donors (Lipinski definition) is 2. The van der Waals surface area contributed by atoms with Gasteiger partial charge in [-0.2, -0.15) is 4.98 Å². The lowest BCUT2D eigenvalue weighted by molar-refractivity contribution is 0.394. The Balaban J connectivity index is 2.60. The minimum atomic E-state index is 0.315. The van der Waals surface area contributed by atoms with E-state index in [9.17, 15) is 0 Å². The molecule has 3 N–H and O–H groups in total. The number of rotatable bonds is 2. The lowest BCUT2D eigenvalue weighted by Crippen LogP contribution is -2.02. The van der Waals surface area contributed by atoms with Crippen molar-refractivity contribution < 1.29 is 4.52 Å². The lowest BCUT2D eigenvalue weighted by atomic mass is 10.2. The number of nitrogen functional groups attached to an aromatic ring is 1. The summed E-state index contributed by atoms with van der Waals surface area (Å²) in [5.74, 6) is 1.74. The van der Waals surface area contributed by atoms with Crippen molar-refractivity contribution in [2.24, 2.45) is 0 Å². The molecule has 0 aliphatic rings.